The third kappa shape index (κ3) is 4.07. The highest BCUT2D eigenvalue weighted by Crippen LogP contribution is 2.16. The Hall–Kier alpha value is -1.28. The lowest BCUT2D eigenvalue weighted by molar-refractivity contribution is 0.217. The maximum atomic E-state index is 8.91. The average Bonchev–Trinajstić information content (AvgIpc) is 2.31. The highest BCUT2D eigenvalue weighted by Gasteiger charge is 2.00. The first-order valence-electron chi connectivity index (χ1n) is 5.70. The van der Waals surface area contributed by atoms with Gasteiger partial charge in [0.25, 0.3) is 0 Å². The van der Waals surface area contributed by atoms with E-state index in [2.05, 4.69) is 13.8 Å². The summed E-state index contributed by atoms with van der Waals surface area (Å²) in [7, 11) is 0. The maximum Gasteiger partial charge on any atom is 0.119 e. The van der Waals surface area contributed by atoms with Gasteiger partial charge in [-0.05, 0) is 43.5 Å². The van der Waals surface area contributed by atoms with Crippen LogP contribution in [0.4, 0.5) is 0 Å². The minimum atomic E-state index is 0.102. The molecule has 2 nitrogen and oxygen atoms in total. The lowest BCUT2D eigenvalue weighted by atomic mass is 10.1. The number of aliphatic hydroxyl groups is 1. The Balaban J connectivity index is 2.68. The average molecular weight is 220 g/mol. The van der Waals surface area contributed by atoms with Gasteiger partial charge < -0.3 is 9.84 Å². The Morgan fingerprint density at radius 2 is 2.00 bits per heavy atom. The van der Waals surface area contributed by atoms with Crippen molar-refractivity contribution in [3.05, 3.63) is 35.4 Å². The lowest BCUT2D eigenvalue weighted by Crippen LogP contribution is -2.09. The van der Waals surface area contributed by atoms with Gasteiger partial charge in [0.2, 0.25) is 0 Å². The van der Waals surface area contributed by atoms with Crippen molar-refractivity contribution in [1.29, 1.82) is 0 Å². The fraction of sp³-hybridized carbons (Fsp3) is 0.429. The van der Waals surface area contributed by atoms with Gasteiger partial charge in [0.05, 0.1) is 12.7 Å². The number of benzene rings is 1. The smallest absolute Gasteiger partial charge is 0.119 e. The van der Waals surface area contributed by atoms with Crippen LogP contribution in [0.25, 0.3) is 6.08 Å². The molecule has 2 heteroatoms. The molecule has 1 unspecified atom stereocenters. The van der Waals surface area contributed by atoms with E-state index in [1.54, 1.807) is 0 Å². The molecule has 16 heavy (non-hydrogen) atoms. The summed E-state index contributed by atoms with van der Waals surface area (Å²) < 4.78 is 5.68. The molecular formula is C14H20O2. The Bertz CT molecular complexity index is 338. The predicted molar refractivity (Wildman–Crippen MR) is 67.6 cm³/mol. The Morgan fingerprint density at radius 1 is 1.38 bits per heavy atom. The topological polar surface area (TPSA) is 29.5 Å². The molecule has 0 heterocycles. The first kappa shape index (κ1) is 12.8. The van der Waals surface area contributed by atoms with Crippen LogP contribution in [0.2, 0.25) is 0 Å². The van der Waals surface area contributed by atoms with Crippen LogP contribution in [-0.2, 0) is 0 Å². The van der Waals surface area contributed by atoms with Gasteiger partial charge in [-0.2, -0.15) is 0 Å². The van der Waals surface area contributed by atoms with Crippen LogP contribution in [0.3, 0.4) is 0 Å². The second kappa shape index (κ2) is 6.33. The van der Waals surface area contributed by atoms with Crippen molar-refractivity contribution < 1.29 is 9.84 Å². The minimum Gasteiger partial charge on any atom is -0.491 e. The molecule has 0 aliphatic rings. The van der Waals surface area contributed by atoms with Crippen molar-refractivity contribution in [1.82, 2.24) is 0 Å². The molecule has 1 N–H and O–H groups in total. The summed E-state index contributed by atoms with van der Waals surface area (Å²) in [6.07, 6.45) is 3.22. The van der Waals surface area contributed by atoms with Crippen molar-refractivity contribution >= 4 is 6.08 Å². The van der Waals surface area contributed by atoms with E-state index in [-0.39, 0.29) is 12.7 Å². The van der Waals surface area contributed by atoms with E-state index in [0.717, 1.165) is 23.3 Å². The van der Waals surface area contributed by atoms with Crippen LogP contribution in [0, 0.1) is 0 Å². The van der Waals surface area contributed by atoms with E-state index >= 15 is 0 Å². The first-order chi connectivity index (χ1) is 7.65. The summed E-state index contributed by atoms with van der Waals surface area (Å²) >= 11 is 0. The quantitative estimate of drug-likeness (QED) is 0.825. The molecule has 0 fully saturated rings. The van der Waals surface area contributed by atoms with Gasteiger partial charge in [-0.25, -0.2) is 0 Å². The van der Waals surface area contributed by atoms with Gasteiger partial charge in [0.15, 0.2) is 0 Å². The minimum absolute atomic E-state index is 0.102. The Morgan fingerprint density at radius 3 is 2.50 bits per heavy atom. The monoisotopic (exact) mass is 220 g/mol. The highest BCUT2D eigenvalue weighted by atomic mass is 16.5. The molecule has 0 saturated carbocycles. The molecule has 0 amide bonds. The van der Waals surface area contributed by atoms with Crippen LogP contribution in [-0.4, -0.2) is 17.8 Å². The van der Waals surface area contributed by atoms with Gasteiger partial charge in [-0.1, -0.05) is 25.1 Å². The van der Waals surface area contributed by atoms with Crippen molar-refractivity contribution in [3.8, 4) is 5.75 Å². The van der Waals surface area contributed by atoms with E-state index in [1.165, 1.54) is 0 Å². The number of aliphatic hydroxyl groups excluding tert-OH is 1. The summed E-state index contributed by atoms with van der Waals surface area (Å²) in [6, 6.07) is 7.92. The zero-order valence-corrected chi connectivity index (χ0v) is 10.2. The molecule has 0 aromatic heterocycles. The zero-order valence-electron chi connectivity index (χ0n) is 10.2. The molecule has 88 valence electrons. The van der Waals surface area contributed by atoms with Crippen molar-refractivity contribution in [2.45, 2.75) is 33.3 Å². The molecule has 0 saturated heterocycles. The fourth-order valence-electron chi connectivity index (χ4n) is 1.29. The maximum absolute atomic E-state index is 8.91. The first-order valence-corrected chi connectivity index (χ1v) is 5.70. The molecule has 0 spiro atoms. The summed E-state index contributed by atoms with van der Waals surface area (Å²) in [5.74, 6) is 0.896. The number of ether oxygens (including phenoxy) is 1. The largest absolute Gasteiger partial charge is 0.491 e. The fourth-order valence-corrected chi connectivity index (χ4v) is 1.29. The molecule has 0 aliphatic heterocycles. The second-order valence-corrected chi connectivity index (χ2v) is 4.05. The van der Waals surface area contributed by atoms with Crippen molar-refractivity contribution in [3.63, 3.8) is 0 Å². The molecule has 0 aliphatic carbocycles. The van der Waals surface area contributed by atoms with Gasteiger partial charge >= 0.3 is 0 Å². The molecule has 1 aromatic carbocycles. The Kier molecular flexibility index (Phi) is 5.06. The third-order valence-electron chi connectivity index (χ3n) is 2.45. The van der Waals surface area contributed by atoms with E-state index in [9.17, 15) is 0 Å². The van der Waals surface area contributed by atoms with Gasteiger partial charge in [-0.15, -0.1) is 0 Å². The molecular weight excluding hydrogens is 200 g/mol. The highest BCUT2D eigenvalue weighted by molar-refractivity contribution is 5.53. The van der Waals surface area contributed by atoms with Crippen LogP contribution >= 0.6 is 0 Å². The molecule has 1 atom stereocenters. The standard InChI is InChI=1S/C14H20O2/c1-4-12(3)16-14-7-5-13(6-8-14)9-11(2)10-15/h5-9,12,15H,4,10H2,1-3H3/b11-9+. The summed E-state index contributed by atoms with van der Waals surface area (Å²) in [6.45, 7) is 6.17. The van der Waals surface area contributed by atoms with Crippen molar-refractivity contribution in [2.75, 3.05) is 6.61 Å². The third-order valence-corrected chi connectivity index (χ3v) is 2.45. The predicted octanol–water partition coefficient (Wildman–Crippen LogP) is 3.26. The Labute approximate surface area is 97.6 Å². The van der Waals surface area contributed by atoms with Crippen LogP contribution in [0.1, 0.15) is 32.8 Å². The molecule has 0 bridgehead atoms. The van der Waals surface area contributed by atoms with E-state index in [0.29, 0.717) is 0 Å². The summed E-state index contributed by atoms with van der Waals surface area (Å²) in [5.41, 5.74) is 2.04. The summed E-state index contributed by atoms with van der Waals surface area (Å²) in [5, 5.41) is 8.91. The summed E-state index contributed by atoms with van der Waals surface area (Å²) in [4.78, 5) is 0. The van der Waals surface area contributed by atoms with Crippen LogP contribution in [0.5, 0.6) is 5.75 Å². The zero-order chi connectivity index (χ0) is 12.0. The van der Waals surface area contributed by atoms with Gasteiger partial charge in [0.1, 0.15) is 5.75 Å². The van der Waals surface area contributed by atoms with Crippen molar-refractivity contribution in [2.24, 2.45) is 0 Å². The number of hydrogen-bond acceptors (Lipinski definition) is 2. The SMILES string of the molecule is CCC(C)Oc1ccc(/C=C(\C)CO)cc1. The number of rotatable bonds is 5. The lowest BCUT2D eigenvalue weighted by Gasteiger charge is -2.12. The van der Waals surface area contributed by atoms with Gasteiger partial charge in [0, 0.05) is 0 Å². The van der Waals surface area contributed by atoms with Gasteiger partial charge in [-0.3, -0.25) is 0 Å². The normalized spacial score (nSPS) is 13.6. The van der Waals surface area contributed by atoms with E-state index in [4.69, 9.17) is 9.84 Å². The molecule has 1 aromatic rings. The molecule has 1 rings (SSSR count). The second-order valence-electron chi connectivity index (χ2n) is 4.05. The molecule has 0 radical (unpaired) electrons. The van der Waals surface area contributed by atoms with E-state index in [1.807, 2.05) is 37.3 Å². The number of hydrogen-bond donors (Lipinski definition) is 1. The van der Waals surface area contributed by atoms with Crippen LogP contribution in [0.15, 0.2) is 29.8 Å². The van der Waals surface area contributed by atoms with E-state index < -0.39 is 0 Å². The van der Waals surface area contributed by atoms with Crippen LogP contribution < -0.4 is 4.74 Å².